The van der Waals surface area contributed by atoms with E-state index in [4.69, 9.17) is 5.73 Å². The molecule has 0 atom stereocenters. The molecule has 3 rings (SSSR count). The molecule has 0 aliphatic carbocycles. The summed E-state index contributed by atoms with van der Waals surface area (Å²) in [5, 5.41) is 3.34. The molecule has 0 aliphatic heterocycles. The number of nitrogen functional groups attached to an aromatic ring is 1. The van der Waals surface area contributed by atoms with E-state index in [0.29, 0.717) is 17.3 Å². The number of benzene rings is 2. The van der Waals surface area contributed by atoms with E-state index >= 15 is 0 Å². The van der Waals surface area contributed by atoms with Crippen LogP contribution in [0, 0.1) is 13.8 Å². The van der Waals surface area contributed by atoms with Gasteiger partial charge in [0, 0.05) is 19.3 Å². The highest BCUT2D eigenvalue weighted by atomic mass is 15.2. The Labute approximate surface area is 148 Å². The summed E-state index contributed by atoms with van der Waals surface area (Å²) >= 11 is 0. The number of rotatable bonds is 5. The van der Waals surface area contributed by atoms with Crippen LogP contribution in [0.3, 0.4) is 0 Å². The highest BCUT2D eigenvalue weighted by Gasteiger charge is 2.13. The van der Waals surface area contributed by atoms with Gasteiger partial charge < -0.3 is 16.0 Å². The molecule has 0 unspecified atom stereocenters. The van der Waals surface area contributed by atoms with Crippen molar-refractivity contribution in [2.45, 2.75) is 20.4 Å². The standard InChI is InChI=1S/C20H23N5/c1-14-8-7-11-17(15(14)2)24-19-18(21)20(23-13-22-19)25(3)12-16-9-5-4-6-10-16/h4-11,13H,12,21H2,1-3H3,(H,22,23,24). The van der Waals surface area contributed by atoms with Crippen molar-refractivity contribution in [1.29, 1.82) is 0 Å². The van der Waals surface area contributed by atoms with Crippen molar-refractivity contribution in [1.82, 2.24) is 9.97 Å². The van der Waals surface area contributed by atoms with E-state index in [0.717, 1.165) is 12.2 Å². The highest BCUT2D eigenvalue weighted by Crippen LogP contribution is 2.30. The molecule has 5 heteroatoms. The lowest BCUT2D eigenvalue weighted by Gasteiger charge is -2.21. The maximum absolute atomic E-state index is 6.34. The molecular formula is C20H23N5. The molecule has 1 heterocycles. The normalized spacial score (nSPS) is 10.5. The third-order valence-corrected chi connectivity index (χ3v) is 4.34. The molecule has 5 nitrogen and oxygen atoms in total. The third kappa shape index (κ3) is 3.71. The lowest BCUT2D eigenvalue weighted by molar-refractivity contribution is 0.894. The van der Waals surface area contributed by atoms with Gasteiger partial charge in [0.05, 0.1) is 0 Å². The minimum Gasteiger partial charge on any atom is -0.393 e. The monoisotopic (exact) mass is 333 g/mol. The molecule has 1 aromatic heterocycles. The maximum Gasteiger partial charge on any atom is 0.159 e. The van der Waals surface area contributed by atoms with Crippen LogP contribution in [0.5, 0.6) is 0 Å². The van der Waals surface area contributed by atoms with Crippen LogP contribution in [0.1, 0.15) is 16.7 Å². The van der Waals surface area contributed by atoms with Crippen LogP contribution in [-0.2, 0) is 6.54 Å². The van der Waals surface area contributed by atoms with E-state index in [1.165, 1.54) is 16.7 Å². The molecule has 0 amide bonds. The number of nitrogens with two attached hydrogens (primary N) is 1. The van der Waals surface area contributed by atoms with E-state index < -0.39 is 0 Å². The molecular weight excluding hydrogens is 310 g/mol. The van der Waals surface area contributed by atoms with E-state index in [2.05, 4.69) is 47.3 Å². The summed E-state index contributed by atoms with van der Waals surface area (Å²) in [6.45, 7) is 4.89. The zero-order valence-corrected chi connectivity index (χ0v) is 14.8. The van der Waals surface area contributed by atoms with E-state index in [-0.39, 0.29) is 0 Å². The zero-order valence-electron chi connectivity index (χ0n) is 14.8. The van der Waals surface area contributed by atoms with Gasteiger partial charge in [0.2, 0.25) is 0 Å². The second-order valence-electron chi connectivity index (χ2n) is 6.17. The lowest BCUT2D eigenvalue weighted by Crippen LogP contribution is -2.20. The van der Waals surface area contributed by atoms with Crippen molar-refractivity contribution in [3.63, 3.8) is 0 Å². The Balaban J connectivity index is 1.86. The predicted octanol–water partition coefficient (Wildman–Crippen LogP) is 4.06. The summed E-state index contributed by atoms with van der Waals surface area (Å²) in [6, 6.07) is 16.4. The molecule has 3 aromatic rings. The molecule has 0 saturated carbocycles. The van der Waals surface area contributed by atoms with Crippen LogP contribution in [0.25, 0.3) is 0 Å². The number of hydrogen-bond donors (Lipinski definition) is 2. The maximum atomic E-state index is 6.34. The fourth-order valence-corrected chi connectivity index (χ4v) is 2.74. The van der Waals surface area contributed by atoms with Gasteiger partial charge in [0.1, 0.15) is 12.0 Å². The highest BCUT2D eigenvalue weighted by molar-refractivity contribution is 5.79. The van der Waals surface area contributed by atoms with Gasteiger partial charge in [-0.25, -0.2) is 9.97 Å². The smallest absolute Gasteiger partial charge is 0.159 e. The predicted molar refractivity (Wildman–Crippen MR) is 104 cm³/mol. The summed E-state index contributed by atoms with van der Waals surface area (Å²) in [5.41, 5.74) is 11.5. The van der Waals surface area contributed by atoms with E-state index in [9.17, 15) is 0 Å². The van der Waals surface area contributed by atoms with Gasteiger partial charge in [-0.15, -0.1) is 0 Å². The Bertz CT molecular complexity index is 861. The van der Waals surface area contributed by atoms with Gasteiger partial charge in [-0.2, -0.15) is 0 Å². The Kier molecular flexibility index (Phi) is 4.84. The van der Waals surface area contributed by atoms with Crippen LogP contribution in [0.2, 0.25) is 0 Å². The molecule has 128 valence electrons. The largest absolute Gasteiger partial charge is 0.393 e. The van der Waals surface area contributed by atoms with Crippen molar-refractivity contribution in [3.8, 4) is 0 Å². The van der Waals surface area contributed by atoms with Gasteiger partial charge in [0.15, 0.2) is 11.6 Å². The Morgan fingerprint density at radius 1 is 1.00 bits per heavy atom. The Morgan fingerprint density at radius 2 is 1.76 bits per heavy atom. The minimum atomic E-state index is 0.543. The van der Waals surface area contributed by atoms with Gasteiger partial charge >= 0.3 is 0 Å². The van der Waals surface area contributed by atoms with E-state index in [1.807, 2.05) is 42.3 Å². The number of anilines is 4. The van der Waals surface area contributed by atoms with Crippen LogP contribution < -0.4 is 16.0 Å². The number of nitrogens with one attached hydrogen (secondary N) is 1. The molecule has 0 radical (unpaired) electrons. The van der Waals surface area contributed by atoms with Crippen molar-refractivity contribution in [2.75, 3.05) is 23.0 Å². The summed E-state index contributed by atoms with van der Waals surface area (Å²) in [4.78, 5) is 10.7. The average molecular weight is 333 g/mol. The molecule has 25 heavy (non-hydrogen) atoms. The van der Waals surface area contributed by atoms with Gasteiger partial charge in [-0.1, -0.05) is 42.5 Å². The summed E-state index contributed by atoms with van der Waals surface area (Å²) < 4.78 is 0. The first-order valence-electron chi connectivity index (χ1n) is 8.25. The van der Waals surface area contributed by atoms with Crippen molar-refractivity contribution in [2.24, 2.45) is 0 Å². The minimum absolute atomic E-state index is 0.543. The molecule has 0 fully saturated rings. The Hall–Kier alpha value is -3.08. The lowest BCUT2D eigenvalue weighted by atomic mass is 10.1. The Morgan fingerprint density at radius 3 is 2.52 bits per heavy atom. The summed E-state index contributed by atoms with van der Waals surface area (Å²) in [6.07, 6.45) is 1.54. The number of aromatic nitrogens is 2. The first-order chi connectivity index (χ1) is 12.1. The molecule has 2 aromatic carbocycles. The van der Waals surface area contributed by atoms with E-state index in [1.54, 1.807) is 6.33 Å². The second kappa shape index (κ2) is 7.21. The van der Waals surface area contributed by atoms with Gasteiger partial charge in [-0.3, -0.25) is 0 Å². The molecule has 3 N–H and O–H groups in total. The van der Waals surface area contributed by atoms with Crippen LogP contribution in [0.4, 0.5) is 23.0 Å². The SMILES string of the molecule is Cc1cccc(Nc2ncnc(N(C)Cc3ccccc3)c2N)c1C. The van der Waals surface area contributed by atoms with Gasteiger partial charge in [-0.05, 0) is 36.6 Å². The molecule has 0 saturated heterocycles. The van der Waals surface area contributed by atoms with Crippen LogP contribution in [-0.4, -0.2) is 17.0 Å². The van der Waals surface area contributed by atoms with Gasteiger partial charge in [0.25, 0.3) is 0 Å². The molecule has 0 aliphatic rings. The van der Waals surface area contributed by atoms with Crippen molar-refractivity contribution in [3.05, 3.63) is 71.5 Å². The quantitative estimate of drug-likeness (QED) is 0.737. The van der Waals surface area contributed by atoms with Crippen LogP contribution in [0.15, 0.2) is 54.9 Å². The van der Waals surface area contributed by atoms with Crippen molar-refractivity contribution >= 4 is 23.0 Å². The molecule has 0 spiro atoms. The second-order valence-corrected chi connectivity index (χ2v) is 6.17. The summed E-state index contributed by atoms with van der Waals surface area (Å²) in [7, 11) is 1.98. The number of hydrogen-bond acceptors (Lipinski definition) is 5. The summed E-state index contributed by atoms with van der Waals surface area (Å²) in [5.74, 6) is 1.34. The number of aryl methyl sites for hydroxylation is 1. The van der Waals surface area contributed by atoms with Crippen LogP contribution >= 0.6 is 0 Å². The first kappa shape index (κ1) is 16.8. The van der Waals surface area contributed by atoms with Crippen molar-refractivity contribution < 1.29 is 0 Å². The third-order valence-electron chi connectivity index (χ3n) is 4.34. The fraction of sp³-hybridized carbons (Fsp3) is 0.200. The first-order valence-corrected chi connectivity index (χ1v) is 8.25. The zero-order chi connectivity index (χ0) is 17.8. The molecule has 0 bridgehead atoms. The average Bonchev–Trinajstić information content (AvgIpc) is 2.61. The number of nitrogens with zero attached hydrogens (tertiary/aromatic N) is 3. The fourth-order valence-electron chi connectivity index (χ4n) is 2.74. The topological polar surface area (TPSA) is 67.1 Å².